The zero-order chi connectivity index (χ0) is 11.4. The first-order valence-electron chi connectivity index (χ1n) is 5.47. The molecular weight excluding hydrogens is 208 g/mol. The van der Waals surface area contributed by atoms with Gasteiger partial charge in [-0.25, -0.2) is 0 Å². The van der Waals surface area contributed by atoms with Crippen LogP contribution in [0.4, 0.5) is 0 Å². The average Bonchev–Trinajstić information content (AvgIpc) is 2.33. The number of aromatic hydroxyl groups is 1. The van der Waals surface area contributed by atoms with E-state index in [0.717, 1.165) is 12.0 Å². The molecule has 4 nitrogen and oxygen atoms in total. The van der Waals surface area contributed by atoms with Crippen molar-refractivity contribution in [2.75, 3.05) is 19.8 Å². The number of phenolic OH excluding ortho intramolecular Hbond substituents is 1. The summed E-state index contributed by atoms with van der Waals surface area (Å²) >= 11 is 0. The zero-order valence-corrected chi connectivity index (χ0v) is 9.06. The Labute approximate surface area is 94.4 Å². The highest BCUT2D eigenvalue weighted by Gasteiger charge is 2.20. The third-order valence-electron chi connectivity index (χ3n) is 2.57. The van der Waals surface area contributed by atoms with Crippen molar-refractivity contribution < 1.29 is 19.7 Å². The van der Waals surface area contributed by atoms with E-state index in [0.29, 0.717) is 25.2 Å². The molecule has 88 valence electrons. The van der Waals surface area contributed by atoms with Crippen LogP contribution in [0.2, 0.25) is 0 Å². The third-order valence-corrected chi connectivity index (χ3v) is 2.57. The van der Waals surface area contributed by atoms with E-state index in [1.807, 2.05) is 6.07 Å². The minimum atomic E-state index is -0.479. The molecule has 0 amide bonds. The number of ether oxygens (including phenoxy) is 2. The standard InChI is InChI=1S/C12H16O4/c13-5-4-9-2-3-11(14)10(8-9)12-15-6-1-7-16-12/h2-3,8,12-14H,1,4-7H2. The minimum Gasteiger partial charge on any atom is -0.507 e. The van der Waals surface area contributed by atoms with Gasteiger partial charge in [0, 0.05) is 12.2 Å². The number of benzene rings is 1. The van der Waals surface area contributed by atoms with Crippen LogP contribution in [-0.2, 0) is 15.9 Å². The van der Waals surface area contributed by atoms with Crippen molar-refractivity contribution in [1.29, 1.82) is 0 Å². The second-order valence-corrected chi connectivity index (χ2v) is 3.79. The summed E-state index contributed by atoms with van der Waals surface area (Å²) in [5.41, 5.74) is 1.61. The van der Waals surface area contributed by atoms with Gasteiger partial charge in [0.1, 0.15) is 5.75 Å². The van der Waals surface area contributed by atoms with Crippen molar-refractivity contribution in [3.63, 3.8) is 0 Å². The van der Waals surface area contributed by atoms with Crippen molar-refractivity contribution in [3.8, 4) is 5.75 Å². The van der Waals surface area contributed by atoms with Crippen molar-refractivity contribution >= 4 is 0 Å². The SMILES string of the molecule is OCCc1ccc(O)c(C2OCCCO2)c1. The molecule has 1 aromatic rings. The Bertz CT molecular complexity index is 345. The van der Waals surface area contributed by atoms with E-state index >= 15 is 0 Å². The van der Waals surface area contributed by atoms with Crippen molar-refractivity contribution in [2.24, 2.45) is 0 Å². The lowest BCUT2D eigenvalue weighted by atomic mass is 10.1. The van der Waals surface area contributed by atoms with Gasteiger partial charge in [-0.1, -0.05) is 6.07 Å². The molecule has 2 rings (SSSR count). The van der Waals surface area contributed by atoms with Crippen molar-refractivity contribution in [2.45, 2.75) is 19.1 Å². The molecule has 4 heteroatoms. The van der Waals surface area contributed by atoms with Gasteiger partial charge in [0.05, 0.1) is 13.2 Å². The zero-order valence-electron chi connectivity index (χ0n) is 9.06. The average molecular weight is 224 g/mol. The van der Waals surface area contributed by atoms with Crippen LogP contribution < -0.4 is 0 Å². The molecule has 1 aliphatic heterocycles. The summed E-state index contributed by atoms with van der Waals surface area (Å²) in [6, 6.07) is 5.22. The van der Waals surface area contributed by atoms with E-state index in [1.54, 1.807) is 12.1 Å². The molecule has 0 aromatic heterocycles. The first-order chi connectivity index (χ1) is 7.81. The summed E-state index contributed by atoms with van der Waals surface area (Å²) in [6.07, 6.45) is 0.973. The Morgan fingerprint density at radius 2 is 2.00 bits per heavy atom. The lowest BCUT2D eigenvalue weighted by Gasteiger charge is -2.24. The first kappa shape index (κ1) is 11.4. The summed E-state index contributed by atoms with van der Waals surface area (Å²) < 4.78 is 10.9. The molecule has 2 N–H and O–H groups in total. The van der Waals surface area contributed by atoms with E-state index in [1.165, 1.54) is 0 Å². The van der Waals surface area contributed by atoms with Gasteiger partial charge in [-0.15, -0.1) is 0 Å². The Kier molecular flexibility index (Phi) is 3.77. The van der Waals surface area contributed by atoms with Gasteiger partial charge >= 0.3 is 0 Å². The highest BCUT2D eigenvalue weighted by molar-refractivity contribution is 5.37. The summed E-state index contributed by atoms with van der Waals surface area (Å²) in [5, 5.41) is 18.6. The Morgan fingerprint density at radius 3 is 2.69 bits per heavy atom. The predicted octanol–water partition coefficient (Wildman–Crippen LogP) is 1.36. The highest BCUT2D eigenvalue weighted by atomic mass is 16.7. The maximum absolute atomic E-state index is 9.73. The van der Waals surface area contributed by atoms with E-state index in [-0.39, 0.29) is 12.4 Å². The van der Waals surface area contributed by atoms with Gasteiger partial charge in [0.25, 0.3) is 0 Å². The maximum Gasteiger partial charge on any atom is 0.187 e. The van der Waals surface area contributed by atoms with E-state index in [2.05, 4.69) is 0 Å². The topological polar surface area (TPSA) is 58.9 Å². The third kappa shape index (κ3) is 2.52. The van der Waals surface area contributed by atoms with Crippen LogP contribution in [-0.4, -0.2) is 30.0 Å². The number of aliphatic hydroxyl groups excluding tert-OH is 1. The van der Waals surface area contributed by atoms with Crippen LogP contribution in [0.3, 0.4) is 0 Å². The van der Waals surface area contributed by atoms with E-state index in [9.17, 15) is 5.11 Å². The maximum atomic E-state index is 9.73. The molecule has 0 saturated carbocycles. The second-order valence-electron chi connectivity index (χ2n) is 3.79. The van der Waals surface area contributed by atoms with Gasteiger partial charge in [-0.05, 0) is 30.5 Å². The summed E-state index contributed by atoms with van der Waals surface area (Å²) in [4.78, 5) is 0. The molecule has 0 unspecified atom stereocenters. The van der Waals surface area contributed by atoms with Crippen LogP contribution in [0.1, 0.15) is 23.8 Å². The molecule has 1 aromatic carbocycles. The Hall–Kier alpha value is -1.10. The van der Waals surface area contributed by atoms with Gasteiger partial charge < -0.3 is 19.7 Å². The summed E-state index contributed by atoms with van der Waals surface area (Å²) in [6.45, 7) is 1.39. The predicted molar refractivity (Wildman–Crippen MR) is 58.2 cm³/mol. The summed E-state index contributed by atoms with van der Waals surface area (Å²) in [5.74, 6) is 0.175. The fourth-order valence-electron chi connectivity index (χ4n) is 1.74. The Morgan fingerprint density at radius 1 is 1.25 bits per heavy atom. The van der Waals surface area contributed by atoms with Crippen LogP contribution >= 0.6 is 0 Å². The molecule has 1 aliphatic rings. The lowest BCUT2D eigenvalue weighted by molar-refractivity contribution is -0.183. The summed E-state index contributed by atoms with van der Waals surface area (Å²) in [7, 11) is 0. The smallest absolute Gasteiger partial charge is 0.187 e. The Balaban J connectivity index is 2.19. The number of hydrogen-bond acceptors (Lipinski definition) is 4. The van der Waals surface area contributed by atoms with Crippen LogP contribution in [0.25, 0.3) is 0 Å². The number of rotatable bonds is 3. The monoisotopic (exact) mass is 224 g/mol. The van der Waals surface area contributed by atoms with Crippen molar-refractivity contribution in [3.05, 3.63) is 29.3 Å². The molecule has 0 bridgehead atoms. The van der Waals surface area contributed by atoms with Gasteiger partial charge in [0.2, 0.25) is 0 Å². The first-order valence-corrected chi connectivity index (χ1v) is 5.47. The number of hydrogen-bond donors (Lipinski definition) is 2. The number of aliphatic hydroxyl groups is 1. The molecule has 0 radical (unpaired) electrons. The molecule has 1 saturated heterocycles. The largest absolute Gasteiger partial charge is 0.507 e. The van der Waals surface area contributed by atoms with Gasteiger partial charge in [0.15, 0.2) is 6.29 Å². The van der Waals surface area contributed by atoms with E-state index < -0.39 is 6.29 Å². The fourth-order valence-corrected chi connectivity index (χ4v) is 1.74. The second kappa shape index (κ2) is 5.30. The molecule has 0 atom stereocenters. The quantitative estimate of drug-likeness (QED) is 0.814. The van der Waals surface area contributed by atoms with Gasteiger partial charge in [-0.3, -0.25) is 0 Å². The van der Waals surface area contributed by atoms with Gasteiger partial charge in [-0.2, -0.15) is 0 Å². The highest BCUT2D eigenvalue weighted by Crippen LogP contribution is 2.30. The lowest BCUT2D eigenvalue weighted by Crippen LogP contribution is -2.18. The fraction of sp³-hybridized carbons (Fsp3) is 0.500. The molecule has 0 aliphatic carbocycles. The normalized spacial score (nSPS) is 17.6. The van der Waals surface area contributed by atoms with Crippen LogP contribution in [0, 0.1) is 0 Å². The molecule has 16 heavy (non-hydrogen) atoms. The van der Waals surface area contributed by atoms with E-state index in [4.69, 9.17) is 14.6 Å². The van der Waals surface area contributed by atoms with Crippen molar-refractivity contribution in [1.82, 2.24) is 0 Å². The number of phenols is 1. The minimum absolute atomic E-state index is 0.0938. The molecule has 1 heterocycles. The molecular formula is C12H16O4. The van der Waals surface area contributed by atoms with Crippen LogP contribution in [0.5, 0.6) is 5.75 Å². The van der Waals surface area contributed by atoms with Crippen LogP contribution in [0.15, 0.2) is 18.2 Å². The molecule has 1 fully saturated rings. The molecule has 0 spiro atoms.